The molecule has 9 heteroatoms. The molecule has 2 aromatic carbocycles. The van der Waals surface area contributed by atoms with E-state index in [0.29, 0.717) is 29.6 Å². The highest BCUT2D eigenvalue weighted by atomic mass is 35.5. The molecular weight excluding hydrogens is 398 g/mol. The molecular formula is C20H26ClN3O5. The fourth-order valence-electron chi connectivity index (χ4n) is 2.63. The van der Waals surface area contributed by atoms with Crippen LogP contribution in [0.2, 0.25) is 5.02 Å². The highest BCUT2D eigenvalue weighted by molar-refractivity contribution is 6.31. The van der Waals surface area contributed by atoms with Crippen LogP contribution < -0.4 is 20.1 Å². The summed E-state index contributed by atoms with van der Waals surface area (Å²) in [6.07, 6.45) is 0.936. The van der Waals surface area contributed by atoms with Crippen molar-refractivity contribution in [3.63, 3.8) is 0 Å². The second-order valence-corrected chi connectivity index (χ2v) is 6.72. The van der Waals surface area contributed by atoms with E-state index in [1.807, 2.05) is 6.07 Å². The summed E-state index contributed by atoms with van der Waals surface area (Å²) < 4.78 is 11.2. The van der Waals surface area contributed by atoms with Crippen LogP contribution in [0.25, 0.3) is 0 Å². The van der Waals surface area contributed by atoms with E-state index >= 15 is 0 Å². The van der Waals surface area contributed by atoms with Gasteiger partial charge in [0.05, 0.1) is 18.6 Å². The number of rotatable bonds is 13. The molecule has 0 aliphatic rings. The van der Waals surface area contributed by atoms with Crippen LogP contribution in [-0.2, 0) is 13.2 Å². The Bertz CT molecular complexity index is 786. The van der Waals surface area contributed by atoms with Crippen molar-refractivity contribution in [2.75, 3.05) is 33.4 Å². The molecule has 29 heavy (non-hydrogen) atoms. The number of nitrogens with zero attached hydrogens (tertiary/aromatic N) is 1. The van der Waals surface area contributed by atoms with Gasteiger partial charge in [0.25, 0.3) is 5.69 Å². The smallest absolute Gasteiger partial charge is 0.269 e. The van der Waals surface area contributed by atoms with Crippen molar-refractivity contribution in [2.24, 2.45) is 0 Å². The maximum absolute atomic E-state index is 10.7. The zero-order valence-corrected chi connectivity index (χ0v) is 17.1. The predicted octanol–water partition coefficient (Wildman–Crippen LogP) is 2.90. The van der Waals surface area contributed by atoms with E-state index in [0.717, 1.165) is 30.6 Å². The summed E-state index contributed by atoms with van der Waals surface area (Å²) in [5, 5.41) is 26.4. The van der Waals surface area contributed by atoms with Gasteiger partial charge in [-0.3, -0.25) is 10.1 Å². The lowest BCUT2D eigenvalue weighted by atomic mass is 10.2. The lowest BCUT2D eigenvalue weighted by Gasteiger charge is -2.14. The Morgan fingerprint density at radius 3 is 2.48 bits per heavy atom. The van der Waals surface area contributed by atoms with Crippen molar-refractivity contribution >= 4 is 17.3 Å². The average Bonchev–Trinajstić information content (AvgIpc) is 2.72. The number of non-ortho nitro benzene ring substituents is 1. The van der Waals surface area contributed by atoms with Gasteiger partial charge in [0.15, 0.2) is 11.5 Å². The van der Waals surface area contributed by atoms with Gasteiger partial charge in [-0.15, -0.1) is 0 Å². The summed E-state index contributed by atoms with van der Waals surface area (Å²) in [5.74, 6) is 1.07. The highest BCUT2D eigenvalue weighted by Gasteiger charge is 2.11. The first-order chi connectivity index (χ1) is 14.0. The van der Waals surface area contributed by atoms with E-state index in [4.69, 9.17) is 26.2 Å². The first-order valence-corrected chi connectivity index (χ1v) is 9.67. The Kier molecular flexibility index (Phi) is 9.66. The summed E-state index contributed by atoms with van der Waals surface area (Å²) in [7, 11) is 1.56. The summed E-state index contributed by atoms with van der Waals surface area (Å²) in [6.45, 7) is 3.22. The average molecular weight is 424 g/mol. The maximum Gasteiger partial charge on any atom is 0.269 e. The molecule has 0 saturated heterocycles. The van der Waals surface area contributed by atoms with Gasteiger partial charge in [0.2, 0.25) is 0 Å². The molecule has 2 rings (SSSR count). The summed E-state index contributed by atoms with van der Waals surface area (Å²) in [5.41, 5.74) is 1.74. The molecule has 0 fully saturated rings. The van der Waals surface area contributed by atoms with Gasteiger partial charge in [-0.25, -0.2) is 0 Å². The molecule has 3 N–H and O–H groups in total. The van der Waals surface area contributed by atoms with Gasteiger partial charge in [0.1, 0.15) is 6.61 Å². The molecule has 0 radical (unpaired) electrons. The van der Waals surface area contributed by atoms with Gasteiger partial charge < -0.3 is 25.2 Å². The number of ether oxygens (including phenoxy) is 2. The minimum absolute atomic E-state index is 0.0374. The van der Waals surface area contributed by atoms with Crippen molar-refractivity contribution < 1.29 is 19.5 Å². The number of hydrogen-bond acceptors (Lipinski definition) is 7. The lowest BCUT2D eigenvalue weighted by Crippen LogP contribution is -2.24. The predicted molar refractivity (Wildman–Crippen MR) is 112 cm³/mol. The van der Waals surface area contributed by atoms with Gasteiger partial charge in [-0.2, -0.15) is 0 Å². The van der Waals surface area contributed by atoms with Gasteiger partial charge in [-0.1, -0.05) is 11.6 Å². The van der Waals surface area contributed by atoms with Gasteiger partial charge in [-0.05, 0) is 48.8 Å². The number of benzene rings is 2. The van der Waals surface area contributed by atoms with Crippen LogP contribution in [0.1, 0.15) is 17.5 Å². The number of halogens is 1. The summed E-state index contributed by atoms with van der Waals surface area (Å²) in [4.78, 5) is 10.3. The summed E-state index contributed by atoms with van der Waals surface area (Å²) in [6, 6.07) is 9.74. The van der Waals surface area contributed by atoms with Crippen LogP contribution in [-0.4, -0.2) is 43.4 Å². The Balaban J connectivity index is 1.90. The maximum atomic E-state index is 10.7. The number of nitro groups is 1. The zero-order valence-electron chi connectivity index (χ0n) is 16.3. The topological polar surface area (TPSA) is 106 Å². The fraction of sp³-hybridized carbons (Fsp3) is 0.400. The Labute approximate surface area is 174 Å². The Morgan fingerprint density at radius 1 is 1.10 bits per heavy atom. The van der Waals surface area contributed by atoms with Crippen molar-refractivity contribution in [3.8, 4) is 11.5 Å². The van der Waals surface area contributed by atoms with Crippen LogP contribution in [0.4, 0.5) is 5.69 Å². The third kappa shape index (κ3) is 7.51. The molecule has 0 amide bonds. The molecule has 0 saturated carbocycles. The fourth-order valence-corrected chi connectivity index (χ4v) is 2.85. The van der Waals surface area contributed by atoms with E-state index < -0.39 is 4.92 Å². The number of hydrogen-bond donors (Lipinski definition) is 3. The molecule has 158 valence electrons. The van der Waals surface area contributed by atoms with E-state index in [2.05, 4.69) is 10.6 Å². The molecule has 0 aliphatic heterocycles. The van der Waals surface area contributed by atoms with E-state index in [-0.39, 0.29) is 18.9 Å². The molecule has 0 heterocycles. The third-order valence-electron chi connectivity index (χ3n) is 4.19. The first-order valence-electron chi connectivity index (χ1n) is 9.30. The minimum Gasteiger partial charge on any atom is -0.493 e. The molecule has 0 aliphatic carbocycles. The van der Waals surface area contributed by atoms with Crippen LogP contribution in [0, 0.1) is 10.1 Å². The van der Waals surface area contributed by atoms with Crippen molar-refractivity contribution in [1.29, 1.82) is 0 Å². The Morgan fingerprint density at radius 2 is 1.83 bits per heavy atom. The second-order valence-electron chi connectivity index (χ2n) is 6.31. The van der Waals surface area contributed by atoms with Crippen LogP contribution in [0.15, 0.2) is 36.4 Å². The minimum atomic E-state index is -0.439. The molecule has 0 aromatic heterocycles. The highest BCUT2D eigenvalue weighted by Crippen LogP contribution is 2.34. The number of methoxy groups -OCH3 is 1. The molecule has 0 spiro atoms. The largest absolute Gasteiger partial charge is 0.493 e. The molecule has 2 aromatic rings. The van der Waals surface area contributed by atoms with E-state index in [1.54, 1.807) is 25.3 Å². The van der Waals surface area contributed by atoms with E-state index in [9.17, 15) is 10.1 Å². The van der Waals surface area contributed by atoms with Crippen LogP contribution in [0.3, 0.4) is 0 Å². The molecule has 0 unspecified atom stereocenters. The van der Waals surface area contributed by atoms with Crippen LogP contribution >= 0.6 is 11.6 Å². The number of aliphatic hydroxyl groups excluding tert-OH is 1. The van der Waals surface area contributed by atoms with Crippen molar-refractivity contribution in [2.45, 2.75) is 19.6 Å². The molecule has 0 bridgehead atoms. The van der Waals surface area contributed by atoms with Crippen molar-refractivity contribution in [1.82, 2.24) is 10.6 Å². The zero-order chi connectivity index (χ0) is 21.1. The first kappa shape index (κ1) is 22.9. The van der Waals surface area contributed by atoms with Crippen molar-refractivity contribution in [3.05, 3.63) is 62.7 Å². The van der Waals surface area contributed by atoms with Gasteiger partial charge in [0, 0.05) is 36.3 Å². The second kappa shape index (κ2) is 12.2. The summed E-state index contributed by atoms with van der Waals surface area (Å²) >= 11 is 6.39. The van der Waals surface area contributed by atoms with Crippen LogP contribution in [0.5, 0.6) is 11.5 Å². The van der Waals surface area contributed by atoms with E-state index in [1.165, 1.54) is 12.1 Å². The standard InChI is InChI=1S/C20H26ClN3O5/c1-28-19-11-16(13-23-8-2-7-22-9-10-25)18(21)12-20(19)29-14-15-3-5-17(6-4-15)24(26)27/h3-6,11-12,22-23,25H,2,7-10,13-14H2,1H3. The number of nitro benzene ring substituents is 1. The molecule has 8 nitrogen and oxygen atoms in total. The quantitative estimate of drug-likeness (QED) is 0.258. The number of aliphatic hydroxyl groups is 1. The SMILES string of the molecule is COc1cc(CNCCCNCCO)c(Cl)cc1OCc1ccc([N+](=O)[O-])cc1. The number of nitrogens with one attached hydrogen (secondary N) is 2. The monoisotopic (exact) mass is 423 g/mol. The lowest BCUT2D eigenvalue weighted by molar-refractivity contribution is -0.384. The Hall–Kier alpha value is -2.39. The molecule has 0 atom stereocenters. The normalized spacial score (nSPS) is 10.7. The van der Waals surface area contributed by atoms with Gasteiger partial charge >= 0.3 is 0 Å². The third-order valence-corrected chi connectivity index (χ3v) is 4.54.